The maximum atomic E-state index is 6.18. The molecule has 0 spiro atoms. The molecule has 3 aromatic rings. The van der Waals surface area contributed by atoms with Crippen LogP contribution in [0, 0.1) is 4.77 Å². The average Bonchev–Trinajstić information content (AvgIpc) is 2.95. The van der Waals surface area contributed by atoms with Crippen molar-refractivity contribution in [3.05, 3.63) is 62.8 Å². The maximum absolute atomic E-state index is 6.18. The molecule has 0 unspecified atom stereocenters. The highest BCUT2D eigenvalue weighted by atomic mass is 35.5. The number of aromatic nitrogens is 3. The van der Waals surface area contributed by atoms with Crippen molar-refractivity contribution in [2.45, 2.75) is 20.0 Å². The van der Waals surface area contributed by atoms with Crippen LogP contribution in [0.25, 0.3) is 11.4 Å². The van der Waals surface area contributed by atoms with Gasteiger partial charge in [0.15, 0.2) is 5.82 Å². The molecule has 0 atom stereocenters. The standard InChI is InChI=1S/C18H16Cl2N4OS/c1-11(2)25-13-6-3-5-12(9-13)17-22-23-18(26)24(17)21-10-14-15(19)7-4-8-16(14)20/h3-11H,1-2H3,(H,23,26). The zero-order valence-electron chi connectivity index (χ0n) is 14.1. The molecule has 0 radical (unpaired) electrons. The van der Waals surface area contributed by atoms with Gasteiger partial charge in [-0.05, 0) is 50.3 Å². The van der Waals surface area contributed by atoms with Crippen molar-refractivity contribution in [2.24, 2.45) is 5.10 Å². The van der Waals surface area contributed by atoms with Crippen LogP contribution in [0.4, 0.5) is 0 Å². The van der Waals surface area contributed by atoms with Gasteiger partial charge in [0.25, 0.3) is 0 Å². The summed E-state index contributed by atoms with van der Waals surface area (Å²) in [5.41, 5.74) is 1.43. The number of halogens is 2. The Balaban J connectivity index is 2.00. The Hall–Kier alpha value is -2.15. The molecule has 0 aliphatic rings. The van der Waals surface area contributed by atoms with Gasteiger partial charge in [-0.1, -0.05) is 41.4 Å². The summed E-state index contributed by atoms with van der Waals surface area (Å²) in [7, 11) is 0. The van der Waals surface area contributed by atoms with Gasteiger partial charge in [-0.2, -0.15) is 14.9 Å². The Morgan fingerprint density at radius 3 is 2.58 bits per heavy atom. The molecule has 8 heteroatoms. The highest BCUT2D eigenvalue weighted by molar-refractivity contribution is 7.71. The fraction of sp³-hybridized carbons (Fsp3) is 0.167. The van der Waals surface area contributed by atoms with Crippen LogP contribution < -0.4 is 4.74 Å². The van der Waals surface area contributed by atoms with E-state index in [9.17, 15) is 0 Å². The molecule has 0 aliphatic carbocycles. The highest BCUT2D eigenvalue weighted by Gasteiger charge is 2.10. The van der Waals surface area contributed by atoms with Gasteiger partial charge in [0.05, 0.1) is 22.4 Å². The van der Waals surface area contributed by atoms with Gasteiger partial charge in [-0.25, -0.2) is 5.10 Å². The summed E-state index contributed by atoms with van der Waals surface area (Å²) < 4.78 is 7.61. The number of ether oxygens (including phenoxy) is 1. The minimum absolute atomic E-state index is 0.0754. The Kier molecular flexibility index (Phi) is 5.76. The predicted molar refractivity (Wildman–Crippen MR) is 108 cm³/mol. The third kappa shape index (κ3) is 4.15. The maximum Gasteiger partial charge on any atom is 0.216 e. The highest BCUT2D eigenvalue weighted by Crippen LogP contribution is 2.25. The molecule has 3 rings (SSSR count). The van der Waals surface area contributed by atoms with E-state index in [1.807, 2.05) is 38.1 Å². The quantitative estimate of drug-likeness (QED) is 0.444. The number of aromatic amines is 1. The Morgan fingerprint density at radius 1 is 1.19 bits per heavy atom. The van der Waals surface area contributed by atoms with Crippen LogP contribution in [0.1, 0.15) is 19.4 Å². The molecule has 0 aliphatic heterocycles. The summed E-state index contributed by atoms with van der Waals surface area (Å²) >= 11 is 17.7. The lowest BCUT2D eigenvalue weighted by Crippen LogP contribution is -2.05. The van der Waals surface area contributed by atoms with E-state index in [1.165, 1.54) is 4.68 Å². The van der Waals surface area contributed by atoms with Crippen molar-refractivity contribution < 1.29 is 4.74 Å². The van der Waals surface area contributed by atoms with E-state index in [0.29, 0.717) is 26.2 Å². The number of benzene rings is 2. The van der Waals surface area contributed by atoms with Gasteiger partial charge in [0.2, 0.25) is 4.77 Å². The van der Waals surface area contributed by atoms with Crippen LogP contribution in [0.3, 0.4) is 0 Å². The second kappa shape index (κ2) is 8.03. The van der Waals surface area contributed by atoms with E-state index >= 15 is 0 Å². The summed E-state index contributed by atoms with van der Waals surface area (Å²) in [5, 5.41) is 12.4. The Morgan fingerprint density at radius 2 is 1.88 bits per heavy atom. The molecule has 2 aromatic carbocycles. The van der Waals surface area contributed by atoms with E-state index < -0.39 is 0 Å². The fourth-order valence-corrected chi connectivity index (χ4v) is 2.99. The van der Waals surface area contributed by atoms with Crippen LogP contribution in [0.2, 0.25) is 10.0 Å². The average molecular weight is 407 g/mol. The first-order valence-electron chi connectivity index (χ1n) is 7.88. The van der Waals surface area contributed by atoms with Crippen LogP contribution >= 0.6 is 35.4 Å². The number of H-pyrrole nitrogens is 1. The first kappa shape index (κ1) is 18.6. The van der Waals surface area contributed by atoms with E-state index in [4.69, 9.17) is 40.2 Å². The van der Waals surface area contributed by atoms with Gasteiger partial charge in [0, 0.05) is 11.1 Å². The molecule has 1 N–H and O–H groups in total. The number of nitrogens with zero attached hydrogens (tertiary/aromatic N) is 3. The topological polar surface area (TPSA) is 55.2 Å². The SMILES string of the molecule is CC(C)Oc1cccc(-c2n[nH]c(=S)n2N=Cc2c(Cl)cccc2Cl)c1. The smallest absolute Gasteiger partial charge is 0.216 e. The molecule has 1 aromatic heterocycles. The van der Waals surface area contributed by atoms with Crippen molar-refractivity contribution in [1.82, 2.24) is 14.9 Å². The minimum Gasteiger partial charge on any atom is -0.491 e. The van der Waals surface area contributed by atoms with E-state index in [1.54, 1.807) is 24.4 Å². The van der Waals surface area contributed by atoms with Crippen molar-refractivity contribution in [3.8, 4) is 17.1 Å². The first-order valence-corrected chi connectivity index (χ1v) is 9.05. The van der Waals surface area contributed by atoms with Gasteiger partial charge in [-0.15, -0.1) is 0 Å². The number of nitrogens with one attached hydrogen (secondary N) is 1. The summed E-state index contributed by atoms with van der Waals surface area (Å²) in [4.78, 5) is 0. The van der Waals surface area contributed by atoms with Crippen LogP contribution in [0.15, 0.2) is 47.6 Å². The lowest BCUT2D eigenvalue weighted by atomic mass is 10.2. The normalized spacial score (nSPS) is 11.4. The molecular formula is C18H16Cl2N4OS. The van der Waals surface area contributed by atoms with Gasteiger partial charge >= 0.3 is 0 Å². The molecule has 26 heavy (non-hydrogen) atoms. The van der Waals surface area contributed by atoms with E-state index in [0.717, 1.165) is 11.3 Å². The molecular weight excluding hydrogens is 391 g/mol. The zero-order chi connectivity index (χ0) is 18.7. The first-order chi connectivity index (χ1) is 12.5. The van der Waals surface area contributed by atoms with Crippen molar-refractivity contribution in [3.63, 3.8) is 0 Å². The van der Waals surface area contributed by atoms with E-state index in [-0.39, 0.29) is 6.10 Å². The molecule has 0 saturated heterocycles. The van der Waals surface area contributed by atoms with Gasteiger partial charge in [-0.3, -0.25) is 0 Å². The lowest BCUT2D eigenvalue weighted by molar-refractivity contribution is 0.242. The van der Waals surface area contributed by atoms with Crippen molar-refractivity contribution >= 4 is 41.6 Å². The molecule has 0 amide bonds. The Bertz CT molecular complexity index is 990. The lowest BCUT2D eigenvalue weighted by Gasteiger charge is -2.10. The third-order valence-corrected chi connectivity index (χ3v) is 4.34. The number of rotatable bonds is 5. The summed E-state index contributed by atoms with van der Waals surface area (Å²) in [5.74, 6) is 1.31. The van der Waals surface area contributed by atoms with Gasteiger partial charge in [0.1, 0.15) is 5.75 Å². The molecule has 5 nitrogen and oxygen atoms in total. The molecule has 0 bridgehead atoms. The number of hydrogen-bond acceptors (Lipinski definition) is 4. The minimum atomic E-state index is 0.0754. The second-order valence-corrected chi connectivity index (χ2v) is 6.94. The molecule has 1 heterocycles. The summed E-state index contributed by atoms with van der Waals surface area (Å²) in [6.45, 7) is 3.95. The van der Waals surface area contributed by atoms with Gasteiger partial charge < -0.3 is 4.74 Å². The monoisotopic (exact) mass is 406 g/mol. The molecule has 0 saturated carbocycles. The summed E-state index contributed by atoms with van der Waals surface area (Å²) in [6.07, 6.45) is 1.64. The van der Waals surface area contributed by atoms with Crippen LogP contribution in [0.5, 0.6) is 5.75 Å². The summed E-state index contributed by atoms with van der Waals surface area (Å²) in [6, 6.07) is 12.9. The largest absolute Gasteiger partial charge is 0.491 e. The third-order valence-electron chi connectivity index (χ3n) is 3.42. The van der Waals surface area contributed by atoms with Crippen molar-refractivity contribution in [1.29, 1.82) is 0 Å². The molecule has 134 valence electrons. The second-order valence-electron chi connectivity index (χ2n) is 5.74. The Labute approximate surface area is 166 Å². The number of hydrogen-bond donors (Lipinski definition) is 1. The predicted octanol–water partition coefficient (Wildman–Crippen LogP) is 5.58. The van der Waals surface area contributed by atoms with Crippen LogP contribution in [-0.4, -0.2) is 27.2 Å². The molecule has 0 fully saturated rings. The fourth-order valence-electron chi connectivity index (χ4n) is 2.32. The van der Waals surface area contributed by atoms with Crippen LogP contribution in [-0.2, 0) is 0 Å². The van der Waals surface area contributed by atoms with Crippen molar-refractivity contribution in [2.75, 3.05) is 0 Å². The van der Waals surface area contributed by atoms with E-state index in [2.05, 4.69) is 15.3 Å². The zero-order valence-corrected chi connectivity index (χ0v) is 16.4.